The van der Waals surface area contributed by atoms with Gasteiger partial charge in [0.25, 0.3) is 5.91 Å². The number of nitrogens with zero attached hydrogens (tertiary/aromatic N) is 3. The monoisotopic (exact) mass is 485 g/mol. The number of halogens is 2. The van der Waals surface area contributed by atoms with E-state index in [2.05, 4.69) is 24.0 Å². The predicted octanol–water partition coefficient (Wildman–Crippen LogP) is 4.68. The second-order valence-corrected chi connectivity index (χ2v) is 10.8. The molecule has 2 bridgehead atoms. The largest absolute Gasteiger partial charge is 0.383 e. The van der Waals surface area contributed by atoms with Gasteiger partial charge in [0.2, 0.25) is 0 Å². The highest BCUT2D eigenvalue weighted by Crippen LogP contribution is 2.76. The fourth-order valence-corrected chi connectivity index (χ4v) is 7.25. The molecule has 1 amide bonds. The molecule has 0 radical (unpaired) electrons. The summed E-state index contributed by atoms with van der Waals surface area (Å²) >= 11 is 0. The van der Waals surface area contributed by atoms with Gasteiger partial charge >= 0.3 is 0 Å². The van der Waals surface area contributed by atoms with Gasteiger partial charge in [-0.25, -0.2) is 8.78 Å². The number of carbonyl (C=O) groups excluding carboxylic acids is 1. The number of likely N-dealkylation sites (N-methyl/N-ethyl adjacent to an activating group) is 1. The lowest BCUT2D eigenvalue weighted by molar-refractivity contribution is -0.251. The van der Waals surface area contributed by atoms with Crippen LogP contribution < -0.4 is 0 Å². The van der Waals surface area contributed by atoms with Gasteiger partial charge in [-0.1, -0.05) is 26.8 Å². The fraction of sp³-hybridized carbons (Fsp3) is 0.593. The number of methoxy groups -OCH3 is 1. The van der Waals surface area contributed by atoms with Crippen molar-refractivity contribution < 1.29 is 23.0 Å². The molecule has 3 aliphatic rings. The zero-order chi connectivity index (χ0) is 25.1. The molecule has 3 unspecified atom stereocenters. The van der Waals surface area contributed by atoms with E-state index in [9.17, 15) is 13.6 Å². The second-order valence-electron chi connectivity index (χ2n) is 10.8. The average molecular weight is 486 g/mol. The number of fused-ring (bicyclic) bond motifs is 4. The van der Waals surface area contributed by atoms with Crippen LogP contribution in [0.15, 0.2) is 24.3 Å². The Kier molecular flexibility index (Phi) is 5.95. The van der Waals surface area contributed by atoms with Gasteiger partial charge in [0.15, 0.2) is 0 Å². The molecule has 2 saturated carbocycles. The van der Waals surface area contributed by atoms with Gasteiger partial charge < -0.3 is 14.4 Å². The number of ether oxygens (including phenoxy) is 2. The number of hydrogen-bond acceptors (Lipinski definition) is 5. The summed E-state index contributed by atoms with van der Waals surface area (Å²) in [5.41, 5.74) is 1.04. The van der Waals surface area contributed by atoms with Crippen LogP contribution in [0, 0.1) is 28.9 Å². The SMILES string of the molecule is CC[C@@H](O[C@@]12CC3(C)CC(c4cc(-c5c(F)cccc5F)nnc41)[C@H](C)C32)C(=O)N(C)CCOC. The molecule has 188 valence electrons. The van der Waals surface area contributed by atoms with Crippen molar-refractivity contribution in [2.75, 3.05) is 27.3 Å². The van der Waals surface area contributed by atoms with E-state index in [4.69, 9.17) is 9.47 Å². The zero-order valence-electron chi connectivity index (χ0n) is 21.0. The van der Waals surface area contributed by atoms with Gasteiger partial charge in [-0.2, -0.15) is 5.10 Å². The number of amides is 1. The molecule has 0 aliphatic heterocycles. The predicted molar refractivity (Wildman–Crippen MR) is 126 cm³/mol. The number of aromatic nitrogens is 2. The first-order valence-corrected chi connectivity index (χ1v) is 12.4. The summed E-state index contributed by atoms with van der Waals surface area (Å²) in [6.07, 6.45) is 1.62. The van der Waals surface area contributed by atoms with E-state index in [1.165, 1.54) is 18.2 Å². The van der Waals surface area contributed by atoms with Crippen LogP contribution in [0.2, 0.25) is 0 Å². The van der Waals surface area contributed by atoms with Gasteiger partial charge in [-0.3, -0.25) is 4.79 Å². The van der Waals surface area contributed by atoms with Crippen molar-refractivity contribution >= 4 is 5.91 Å². The molecular formula is C27H33F2N3O3. The molecule has 35 heavy (non-hydrogen) atoms. The Labute approximate surface area is 205 Å². The molecule has 6 atom stereocenters. The van der Waals surface area contributed by atoms with Crippen molar-refractivity contribution in [2.24, 2.45) is 17.3 Å². The Morgan fingerprint density at radius 2 is 2.00 bits per heavy atom. The Balaban J connectivity index is 1.55. The van der Waals surface area contributed by atoms with Crippen LogP contribution in [0.5, 0.6) is 0 Å². The summed E-state index contributed by atoms with van der Waals surface area (Å²) < 4.78 is 41.0. The minimum Gasteiger partial charge on any atom is -0.383 e. The van der Waals surface area contributed by atoms with Crippen molar-refractivity contribution in [3.05, 3.63) is 47.2 Å². The standard InChI is InChI=1S/C27H33F2N3O3/c1-6-21(25(33)32(4)10-11-34-5)35-27-14-26(3)13-17(15(2)23(26)27)16-12-20(30-31-24(16)27)22-18(28)8-7-9-19(22)29/h7-9,12,15,17,21,23H,6,10-11,13-14H2,1-5H3/t15-,17?,21+,23?,26?,27+/m0/s1. The lowest BCUT2D eigenvalue weighted by atomic mass is 9.49. The molecule has 3 aliphatic carbocycles. The van der Waals surface area contributed by atoms with Gasteiger partial charge in [0.05, 0.1) is 23.6 Å². The van der Waals surface area contributed by atoms with E-state index >= 15 is 0 Å². The molecule has 0 saturated heterocycles. The molecule has 0 spiro atoms. The highest BCUT2D eigenvalue weighted by molar-refractivity contribution is 5.80. The summed E-state index contributed by atoms with van der Waals surface area (Å²) in [5, 5.41) is 8.84. The molecule has 0 N–H and O–H groups in total. The van der Waals surface area contributed by atoms with Crippen LogP contribution in [0.1, 0.15) is 57.2 Å². The maximum Gasteiger partial charge on any atom is 0.251 e. The fourth-order valence-electron chi connectivity index (χ4n) is 7.25. The lowest BCUT2D eigenvalue weighted by Gasteiger charge is -2.61. The first-order valence-electron chi connectivity index (χ1n) is 12.4. The van der Waals surface area contributed by atoms with Crippen molar-refractivity contribution in [3.8, 4) is 11.3 Å². The molecule has 5 rings (SSSR count). The first kappa shape index (κ1) is 24.3. The third-order valence-corrected chi connectivity index (χ3v) is 8.61. The average Bonchev–Trinajstić information content (AvgIpc) is 2.91. The van der Waals surface area contributed by atoms with Gasteiger partial charge in [0, 0.05) is 26.6 Å². The summed E-state index contributed by atoms with van der Waals surface area (Å²) in [5.74, 6) is -0.689. The molecule has 1 aromatic carbocycles. The second kappa shape index (κ2) is 8.59. The van der Waals surface area contributed by atoms with Crippen LogP contribution in [0.3, 0.4) is 0 Å². The maximum atomic E-state index is 14.5. The summed E-state index contributed by atoms with van der Waals surface area (Å²) in [6.45, 7) is 7.38. The highest BCUT2D eigenvalue weighted by atomic mass is 19.1. The zero-order valence-corrected chi connectivity index (χ0v) is 21.0. The molecule has 8 heteroatoms. The van der Waals surface area contributed by atoms with E-state index in [-0.39, 0.29) is 34.4 Å². The number of carbonyl (C=O) groups is 1. The Bertz CT molecular complexity index is 1140. The lowest BCUT2D eigenvalue weighted by Crippen LogP contribution is -2.62. The molecular weight excluding hydrogens is 452 g/mol. The number of benzene rings is 1. The third kappa shape index (κ3) is 3.51. The van der Waals surface area contributed by atoms with Crippen molar-refractivity contribution in [2.45, 2.75) is 57.7 Å². The number of rotatable bonds is 8. The summed E-state index contributed by atoms with van der Waals surface area (Å²) in [4.78, 5) is 14.9. The van der Waals surface area contributed by atoms with Gasteiger partial charge in [-0.05, 0) is 60.3 Å². The van der Waals surface area contributed by atoms with Crippen LogP contribution in [-0.4, -0.2) is 54.4 Å². The first-order chi connectivity index (χ1) is 16.7. The van der Waals surface area contributed by atoms with E-state index in [0.717, 1.165) is 24.1 Å². The van der Waals surface area contributed by atoms with Crippen LogP contribution in [-0.2, 0) is 19.9 Å². The van der Waals surface area contributed by atoms with Gasteiger partial charge in [0.1, 0.15) is 23.3 Å². The molecule has 2 aromatic rings. The Hall–Kier alpha value is -2.45. The third-order valence-electron chi connectivity index (χ3n) is 8.61. The quantitative estimate of drug-likeness (QED) is 0.543. The van der Waals surface area contributed by atoms with Crippen LogP contribution >= 0.6 is 0 Å². The summed E-state index contributed by atoms with van der Waals surface area (Å²) in [7, 11) is 3.37. The van der Waals surface area contributed by atoms with E-state index in [1.54, 1.807) is 25.1 Å². The van der Waals surface area contributed by atoms with Crippen molar-refractivity contribution in [1.82, 2.24) is 15.1 Å². The van der Waals surface area contributed by atoms with Crippen LogP contribution in [0.4, 0.5) is 8.78 Å². The molecule has 2 fully saturated rings. The van der Waals surface area contributed by atoms with Gasteiger partial charge in [-0.15, -0.1) is 5.10 Å². The van der Waals surface area contributed by atoms with Crippen molar-refractivity contribution in [3.63, 3.8) is 0 Å². The minimum absolute atomic E-state index is 0.0669. The Morgan fingerprint density at radius 3 is 2.66 bits per heavy atom. The normalized spacial score (nSPS) is 31.0. The van der Waals surface area contributed by atoms with E-state index in [0.29, 0.717) is 25.5 Å². The molecule has 1 aromatic heterocycles. The van der Waals surface area contributed by atoms with Crippen molar-refractivity contribution in [1.29, 1.82) is 0 Å². The highest BCUT2D eigenvalue weighted by Gasteiger charge is 2.74. The van der Waals surface area contributed by atoms with E-state index in [1.807, 2.05) is 6.92 Å². The molecule has 6 nitrogen and oxygen atoms in total. The molecule has 1 heterocycles. The topological polar surface area (TPSA) is 64.6 Å². The maximum absolute atomic E-state index is 14.5. The summed E-state index contributed by atoms with van der Waals surface area (Å²) in [6, 6.07) is 5.60. The van der Waals surface area contributed by atoms with E-state index < -0.39 is 23.3 Å². The van der Waals surface area contributed by atoms with Crippen LogP contribution in [0.25, 0.3) is 11.3 Å². The smallest absolute Gasteiger partial charge is 0.251 e. The Morgan fingerprint density at radius 1 is 1.29 bits per heavy atom. The minimum atomic E-state index is -0.728. The number of hydrogen-bond donors (Lipinski definition) is 0.